The summed E-state index contributed by atoms with van der Waals surface area (Å²) in [5, 5.41) is 22.6. The lowest BCUT2D eigenvalue weighted by atomic mass is 10.0. The Kier molecular flexibility index (Phi) is 6.18. The van der Waals surface area contributed by atoms with E-state index in [4.69, 9.17) is 10.4 Å². The number of halogens is 1. The summed E-state index contributed by atoms with van der Waals surface area (Å²) in [6.45, 7) is 3.79. The molecule has 1 rings (SSSR count). The standard InChI is InChI=1S/C14H16BrN3O3/c1-8(2)5-12(18-14(20)21)13(19)17-11-4-3-10(15)6-9(11)7-16/h3-4,6,8,12,18H,5H2,1-2H3,(H,17,19)(H,20,21). The molecule has 0 fully saturated rings. The SMILES string of the molecule is CC(C)CC(NC(=O)O)C(=O)Nc1ccc(Br)cc1C#N. The van der Waals surface area contributed by atoms with Gasteiger partial charge in [-0.2, -0.15) is 5.26 Å². The van der Waals surface area contributed by atoms with Crippen molar-refractivity contribution in [2.24, 2.45) is 5.92 Å². The minimum atomic E-state index is -1.26. The van der Waals surface area contributed by atoms with Gasteiger partial charge in [-0.05, 0) is 30.5 Å². The van der Waals surface area contributed by atoms with Gasteiger partial charge in [-0.1, -0.05) is 29.8 Å². The van der Waals surface area contributed by atoms with Gasteiger partial charge in [-0.3, -0.25) is 4.79 Å². The number of carboxylic acid groups (broad SMARTS) is 1. The summed E-state index contributed by atoms with van der Waals surface area (Å²) in [7, 11) is 0. The molecule has 0 aromatic heterocycles. The number of nitrogens with zero attached hydrogens (tertiary/aromatic N) is 1. The number of nitrogens with one attached hydrogen (secondary N) is 2. The molecule has 1 unspecified atom stereocenters. The molecule has 0 saturated heterocycles. The summed E-state index contributed by atoms with van der Waals surface area (Å²) in [6.07, 6.45) is -0.886. The zero-order chi connectivity index (χ0) is 16.0. The van der Waals surface area contributed by atoms with Gasteiger partial charge < -0.3 is 15.7 Å². The summed E-state index contributed by atoms with van der Waals surface area (Å²) in [5.41, 5.74) is 0.656. The lowest BCUT2D eigenvalue weighted by Gasteiger charge is -2.19. The Morgan fingerprint density at radius 1 is 1.43 bits per heavy atom. The molecule has 0 spiro atoms. The maximum atomic E-state index is 12.2. The number of anilines is 1. The van der Waals surface area contributed by atoms with Crippen molar-refractivity contribution in [3.63, 3.8) is 0 Å². The van der Waals surface area contributed by atoms with Gasteiger partial charge in [-0.15, -0.1) is 0 Å². The Morgan fingerprint density at radius 2 is 2.10 bits per heavy atom. The molecular formula is C14H16BrN3O3. The molecule has 7 heteroatoms. The molecule has 112 valence electrons. The maximum absolute atomic E-state index is 12.2. The van der Waals surface area contributed by atoms with Crippen LogP contribution < -0.4 is 10.6 Å². The quantitative estimate of drug-likeness (QED) is 0.756. The molecule has 1 atom stereocenters. The number of hydrogen-bond acceptors (Lipinski definition) is 3. The highest BCUT2D eigenvalue weighted by molar-refractivity contribution is 9.10. The van der Waals surface area contributed by atoms with Crippen molar-refractivity contribution >= 4 is 33.6 Å². The van der Waals surface area contributed by atoms with Crippen molar-refractivity contribution < 1.29 is 14.7 Å². The molecule has 6 nitrogen and oxygen atoms in total. The average Bonchev–Trinajstić information content (AvgIpc) is 2.38. The molecule has 0 bridgehead atoms. The maximum Gasteiger partial charge on any atom is 0.405 e. The van der Waals surface area contributed by atoms with Crippen LogP contribution in [0.3, 0.4) is 0 Å². The Balaban J connectivity index is 2.91. The number of carbonyl (C=O) groups excluding carboxylic acids is 1. The van der Waals surface area contributed by atoms with Gasteiger partial charge in [0.2, 0.25) is 5.91 Å². The van der Waals surface area contributed by atoms with E-state index in [1.54, 1.807) is 18.2 Å². The molecule has 1 aromatic rings. The predicted molar refractivity (Wildman–Crippen MR) is 81.9 cm³/mol. The second-order valence-corrected chi connectivity index (χ2v) is 5.84. The molecule has 21 heavy (non-hydrogen) atoms. The lowest BCUT2D eigenvalue weighted by Crippen LogP contribution is -2.44. The van der Waals surface area contributed by atoms with Crippen LogP contribution in [0.2, 0.25) is 0 Å². The first-order valence-corrected chi connectivity index (χ1v) is 7.12. The Bertz CT molecular complexity index is 581. The fourth-order valence-electron chi connectivity index (χ4n) is 1.79. The van der Waals surface area contributed by atoms with Crippen LogP contribution in [0.25, 0.3) is 0 Å². The first kappa shape index (κ1) is 17.0. The Labute approximate surface area is 131 Å². The highest BCUT2D eigenvalue weighted by Gasteiger charge is 2.22. The van der Waals surface area contributed by atoms with Crippen LogP contribution in [0.15, 0.2) is 22.7 Å². The van der Waals surface area contributed by atoms with Crippen molar-refractivity contribution in [3.05, 3.63) is 28.2 Å². The fraction of sp³-hybridized carbons (Fsp3) is 0.357. The number of benzene rings is 1. The number of amides is 2. The first-order valence-electron chi connectivity index (χ1n) is 6.33. The molecule has 0 radical (unpaired) electrons. The topological polar surface area (TPSA) is 102 Å². The van der Waals surface area contributed by atoms with Gasteiger partial charge in [0.05, 0.1) is 11.3 Å². The molecule has 0 aliphatic rings. The largest absolute Gasteiger partial charge is 0.465 e. The predicted octanol–water partition coefficient (Wildman–Crippen LogP) is 2.94. The smallest absolute Gasteiger partial charge is 0.405 e. The number of carbonyl (C=O) groups is 2. The van der Waals surface area contributed by atoms with Crippen molar-refractivity contribution in [1.82, 2.24) is 5.32 Å². The van der Waals surface area contributed by atoms with E-state index in [0.717, 1.165) is 4.47 Å². The Morgan fingerprint density at radius 3 is 2.62 bits per heavy atom. The molecule has 0 saturated carbocycles. The van der Waals surface area contributed by atoms with Crippen molar-refractivity contribution in [2.75, 3.05) is 5.32 Å². The lowest BCUT2D eigenvalue weighted by molar-refractivity contribution is -0.118. The minimum absolute atomic E-state index is 0.146. The van der Waals surface area contributed by atoms with Crippen LogP contribution in [-0.4, -0.2) is 23.1 Å². The molecule has 3 N–H and O–H groups in total. The zero-order valence-corrected chi connectivity index (χ0v) is 13.3. The van der Waals surface area contributed by atoms with Gasteiger partial charge in [0.25, 0.3) is 0 Å². The van der Waals surface area contributed by atoms with Crippen molar-refractivity contribution in [1.29, 1.82) is 5.26 Å². The molecule has 2 amide bonds. The van der Waals surface area contributed by atoms with Crippen LogP contribution in [0.1, 0.15) is 25.8 Å². The Hall–Kier alpha value is -2.07. The third kappa shape index (κ3) is 5.44. The van der Waals surface area contributed by atoms with E-state index >= 15 is 0 Å². The van der Waals surface area contributed by atoms with Gasteiger partial charge in [0, 0.05) is 4.47 Å². The molecule has 0 aliphatic carbocycles. The van der Waals surface area contributed by atoms with E-state index in [1.165, 1.54) is 0 Å². The number of hydrogen-bond donors (Lipinski definition) is 3. The van der Waals surface area contributed by atoms with Gasteiger partial charge in [-0.25, -0.2) is 4.79 Å². The molecule has 1 aromatic carbocycles. The number of nitriles is 1. The van der Waals surface area contributed by atoms with Crippen molar-refractivity contribution in [2.45, 2.75) is 26.3 Å². The van der Waals surface area contributed by atoms with E-state index in [0.29, 0.717) is 17.7 Å². The van der Waals surface area contributed by atoms with Gasteiger partial charge >= 0.3 is 6.09 Å². The van der Waals surface area contributed by atoms with Gasteiger partial charge in [0.15, 0.2) is 0 Å². The summed E-state index contributed by atoms with van der Waals surface area (Å²) in [6, 6.07) is 5.98. The highest BCUT2D eigenvalue weighted by Crippen LogP contribution is 2.20. The third-order valence-electron chi connectivity index (χ3n) is 2.68. The van der Waals surface area contributed by atoms with E-state index in [1.807, 2.05) is 19.9 Å². The van der Waals surface area contributed by atoms with Crippen LogP contribution in [0, 0.1) is 17.2 Å². The monoisotopic (exact) mass is 353 g/mol. The van der Waals surface area contributed by atoms with E-state index in [2.05, 4.69) is 26.6 Å². The van der Waals surface area contributed by atoms with E-state index in [9.17, 15) is 9.59 Å². The summed E-state index contributed by atoms with van der Waals surface area (Å²) < 4.78 is 0.722. The second kappa shape index (κ2) is 7.64. The number of rotatable bonds is 5. The average molecular weight is 354 g/mol. The highest BCUT2D eigenvalue weighted by atomic mass is 79.9. The second-order valence-electron chi connectivity index (χ2n) is 4.92. The molecule has 0 heterocycles. The summed E-state index contributed by atoms with van der Waals surface area (Å²) in [4.78, 5) is 22.9. The summed E-state index contributed by atoms with van der Waals surface area (Å²) >= 11 is 3.24. The fourth-order valence-corrected chi connectivity index (χ4v) is 2.15. The van der Waals surface area contributed by atoms with Crippen LogP contribution in [-0.2, 0) is 4.79 Å². The van der Waals surface area contributed by atoms with Crippen LogP contribution >= 0.6 is 15.9 Å². The van der Waals surface area contributed by atoms with Crippen molar-refractivity contribution in [3.8, 4) is 6.07 Å². The first-order chi connectivity index (χ1) is 9.83. The molecular weight excluding hydrogens is 338 g/mol. The van der Waals surface area contributed by atoms with Gasteiger partial charge in [0.1, 0.15) is 12.1 Å². The third-order valence-corrected chi connectivity index (χ3v) is 3.17. The minimum Gasteiger partial charge on any atom is -0.465 e. The normalized spacial score (nSPS) is 11.6. The summed E-state index contributed by atoms with van der Waals surface area (Å²) in [5.74, 6) is -0.335. The zero-order valence-electron chi connectivity index (χ0n) is 11.7. The van der Waals surface area contributed by atoms with E-state index < -0.39 is 18.0 Å². The molecule has 0 aliphatic heterocycles. The van der Waals surface area contributed by atoms with E-state index in [-0.39, 0.29) is 5.92 Å². The van der Waals surface area contributed by atoms with Crippen LogP contribution in [0.5, 0.6) is 0 Å². The van der Waals surface area contributed by atoms with Crippen LogP contribution in [0.4, 0.5) is 10.5 Å².